The normalized spacial score (nSPS) is 25.6. The minimum atomic E-state index is 0.236. The molecule has 1 atom stereocenters. The van der Waals surface area contributed by atoms with Gasteiger partial charge in [0.15, 0.2) is 5.13 Å². The van der Waals surface area contributed by atoms with Crippen LogP contribution in [0.15, 0.2) is 0 Å². The zero-order chi connectivity index (χ0) is 14.2. The number of nitrogens with zero attached hydrogens (tertiary/aromatic N) is 2. The third-order valence-electron chi connectivity index (χ3n) is 5.58. The molecule has 1 saturated heterocycles. The lowest BCUT2D eigenvalue weighted by Crippen LogP contribution is -2.39. The van der Waals surface area contributed by atoms with Crippen LogP contribution in [0.1, 0.15) is 69.0 Å². The Labute approximate surface area is 126 Å². The SMILES string of the molecule is CCC1(CC)CCN(c2nc3c(s2)C(N)CCC3)CC1. The van der Waals surface area contributed by atoms with E-state index in [9.17, 15) is 0 Å². The Morgan fingerprint density at radius 2 is 2.00 bits per heavy atom. The minimum absolute atomic E-state index is 0.236. The first kappa shape index (κ1) is 14.3. The molecule has 20 heavy (non-hydrogen) atoms. The summed E-state index contributed by atoms with van der Waals surface area (Å²) in [5.41, 5.74) is 8.10. The lowest BCUT2D eigenvalue weighted by Gasteiger charge is -2.41. The van der Waals surface area contributed by atoms with Crippen molar-refractivity contribution in [1.82, 2.24) is 4.98 Å². The number of thiazole rings is 1. The Balaban J connectivity index is 1.72. The summed E-state index contributed by atoms with van der Waals surface area (Å²) in [5, 5.41) is 1.23. The molecule has 0 spiro atoms. The molecule has 1 aliphatic heterocycles. The van der Waals surface area contributed by atoms with E-state index < -0.39 is 0 Å². The average molecular weight is 293 g/mol. The smallest absolute Gasteiger partial charge is 0.185 e. The number of aromatic nitrogens is 1. The highest BCUT2D eigenvalue weighted by molar-refractivity contribution is 7.15. The molecule has 1 fully saturated rings. The molecule has 1 aliphatic carbocycles. The summed E-state index contributed by atoms with van der Waals surface area (Å²) in [7, 11) is 0. The van der Waals surface area contributed by atoms with Crippen molar-refractivity contribution in [3.63, 3.8) is 0 Å². The lowest BCUT2D eigenvalue weighted by molar-refractivity contribution is 0.199. The number of piperidine rings is 1. The van der Waals surface area contributed by atoms with Crippen molar-refractivity contribution in [1.29, 1.82) is 0 Å². The molecule has 112 valence electrons. The highest BCUT2D eigenvalue weighted by atomic mass is 32.1. The maximum absolute atomic E-state index is 6.23. The summed E-state index contributed by atoms with van der Waals surface area (Å²) in [6.07, 6.45) is 8.72. The second-order valence-corrected chi connectivity index (χ2v) is 7.51. The van der Waals surface area contributed by atoms with Gasteiger partial charge in [0.1, 0.15) is 0 Å². The van der Waals surface area contributed by atoms with E-state index in [1.807, 2.05) is 11.3 Å². The van der Waals surface area contributed by atoms with Crippen molar-refractivity contribution in [2.24, 2.45) is 11.1 Å². The molecule has 4 heteroatoms. The van der Waals surface area contributed by atoms with Crippen LogP contribution in [0.4, 0.5) is 5.13 Å². The maximum atomic E-state index is 6.23. The van der Waals surface area contributed by atoms with Crippen LogP contribution in [0.25, 0.3) is 0 Å². The number of fused-ring (bicyclic) bond motifs is 1. The van der Waals surface area contributed by atoms with E-state index in [0.717, 1.165) is 12.8 Å². The number of rotatable bonds is 3. The Bertz CT molecular complexity index is 454. The van der Waals surface area contributed by atoms with Crippen molar-refractivity contribution in [3.05, 3.63) is 10.6 Å². The maximum Gasteiger partial charge on any atom is 0.185 e. The predicted octanol–water partition coefficient (Wildman–Crippen LogP) is 3.89. The molecule has 3 nitrogen and oxygen atoms in total. The van der Waals surface area contributed by atoms with Gasteiger partial charge in [-0.1, -0.05) is 38.0 Å². The van der Waals surface area contributed by atoms with E-state index in [4.69, 9.17) is 10.7 Å². The van der Waals surface area contributed by atoms with E-state index >= 15 is 0 Å². The molecule has 3 rings (SSSR count). The van der Waals surface area contributed by atoms with Gasteiger partial charge < -0.3 is 10.6 Å². The van der Waals surface area contributed by atoms with Crippen molar-refractivity contribution in [2.45, 2.75) is 64.8 Å². The van der Waals surface area contributed by atoms with Gasteiger partial charge in [-0.15, -0.1) is 0 Å². The Hall–Kier alpha value is -0.610. The first-order chi connectivity index (χ1) is 9.67. The van der Waals surface area contributed by atoms with Crippen molar-refractivity contribution >= 4 is 16.5 Å². The zero-order valence-corrected chi connectivity index (χ0v) is 13.6. The fraction of sp³-hybridized carbons (Fsp3) is 0.812. The fourth-order valence-electron chi connectivity index (χ4n) is 3.70. The molecule has 1 aromatic rings. The van der Waals surface area contributed by atoms with Gasteiger partial charge in [0.05, 0.1) is 5.69 Å². The Kier molecular flexibility index (Phi) is 4.04. The van der Waals surface area contributed by atoms with Crippen LogP contribution in [-0.2, 0) is 6.42 Å². The standard InChI is InChI=1S/C16H27N3S/c1-3-16(4-2)8-10-19(11-9-16)15-18-13-7-5-6-12(17)14(13)20-15/h12H,3-11,17H2,1-2H3. The Morgan fingerprint density at radius 1 is 1.30 bits per heavy atom. The molecule has 0 radical (unpaired) electrons. The number of hydrogen-bond donors (Lipinski definition) is 1. The molecular weight excluding hydrogens is 266 g/mol. The van der Waals surface area contributed by atoms with E-state index in [1.54, 1.807) is 0 Å². The van der Waals surface area contributed by atoms with Crippen LogP contribution in [0.3, 0.4) is 0 Å². The second kappa shape index (κ2) is 5.64. The second-order valence-electron chi connectivity index (χ2n) is 6.50. The summed E-state index contributed by atoms with van der Waals surface area (Å²) in [4.78, 5) is 8.74. The van der Waals surface area contributed by atoms with Gasteiger partial charge >= 0.3 is 0 Å². The monoisotopic (exact) mass is 293 g/mol. The molecule has 0 saturated carbocycles. The quantitative estimate of drug-likeness (QED) is 0.919. The molecule has 2 heterocycles. The van der Waals surface area contributed by atoms with Gasteiger partial charge in [-0.25, -0.2) is 4.98 Å². The van der Waals surface area contributed by atoms with Gasteiger partial charge in [0, 0.05) is 24.0 Å². The predicted molar refractivity (Wildman–Crippen MR) is 86.4 cm³/mol. The third kappa shape index (κ3) is 2.48. The average Bonchev–Trinajstić information content (AvgIpc) is 2.93. The van der Waals surface area contributed by atoms with Crippen LogP contribution in [-0.4, -0.2) is 18.1 Å². The van der Waals surface area contributed by atoms with Crippen LogP contribution in [0.5, 0.6) is 0 Å². The van der Waals surface area contributed by atoms with Gasteiger partial charge in [0.2, 0.25) is 0 Å². The van der Waals surface area contributed by atoms with Crippen molar-refractivity contribution in [2.75, 3.05) is 18.0 Å². The van der Waals surface area contributed by atoms with Gasteiger partial charge in [0.25, 0.3) is 0 Å². The van der Waals surface area contributed by atoms with Crippen LogP contribution in [0, 0.1) is 5.41 Å². The van der Waals surface area contributed by atoms with Gasteiger partial charge in [-0.05, 0) is 37.5 Å². The molecule has 0 aromatic carbocycles. The molecular formula is C16H27N3S. The topological polar surface area (TPSA) is 42.2 Å². The zero-order valence-electron chi connectivity index (χ0n) is 12.8. The molecule has 2 N–H and O–H groups in total. The summed E-state index contributed by atoms with van der Waals surface area (Å²) in [5.74, 6) is 0. The molecule has 0 amide bonds. The third-order valence-corrected chi connectivity index (χ3v) is 6.87. The molecule has 2 aliphatic rings. The summed E-state index contributed by atoms with van der Waals surface area (Å²) < 4.78 is 0. The number of nitrogens with two attached hydrogens (primary N) is 1. The van der Waals surface area contributed by atoms with Gasteiger partial charge in [-0.3, -0.25) is 0 Å². The van der Waals surface area contributed by atoms with Crippen LogP contribution < -0.4 is 10.6 Å². The lowest BCUT2D eigenvalue weighted by atomic mass is 9.74. The largest absolute Gasteiger partial charge is 0.348 e. The van der Waals surface area contributed by atoms with E-state index in [2.05, 4.69) is 18.7 Å². The van der Waals surface area contributed by atoms with E-state index in [1.165, 1.54) is 60.9 Å². The minimum Gasteiger partial charge on any atom is -0.348 e. The molecule has 1 unspecified atom stereocenters. The highest BCUT2D eigenvalue weighted by Gasteiger charge is 2.33. The van der Waals surface area contributed by atoms with E-state index in [-0.39, 0.29) is 6.04 Å². The highest BCUT2D eigenvalue weighted by Crippen LogP contribution is 2.41. The van der Waals surface area contributed by atoms with Crippen LogP contribution >= 0.6 is 11.3 Å². The molecule has 1 aromatic heterocycles. The first-order valence-corrected chi connectivity index (χ1v) is 8.99. The first-order valence-electron chi connectivity index (χ1n) is 8.17. The summed E-state index contributed by atoms with van der Waals surface area (Å²) >= 11 is 1.86. The summed E-state index contributed by atoms with van der Waals surface area (Å²) in [6, 6.07) is 0.236. The van der Waals surface area contributed by atoms with Gasteiger partial charge in [-0.2, -0.15) is 0 Å². The van der Waals surface area contributed by atoms with Crippen molar-refractivity contribution in [3.8, 4) is 0 Å². The summed E-state index contributed by atoms with van der Waals surface area (Å²) in [6.45, 7) is 7.03. The number of hydrogen-bond acceptors (Lipinski definition) is 4. The Morgan fingerprint density at radius 3 is 2.60 bits per heavy atom. The van der Waals surface area contributed by atoms with Crippen molar-refractivity contribution < 1.29 is 0 Å². The number of anilines is 1. The molecule has 0 bridgehead atoms. The van der Waals surface area contributed by atoms with Crippen LogP contribution in [0.2, 0.25) is 0 Å². The van der Waals surface area contributed by atoms with E-state index in [0.29, 0.717) is 5.41 Å². The number of aryl methyl sites for hydroxylation is 1. The fourth-order valence-corrected chi connectivity index (χ4v) is 4.90.